The number of pyridine rings is 1. The van der Waals surface area contributed by atoms with Crippen LogP contribution in [0.5, 0.6) is 0 Å². The average Bonchev–Trinajstić information content (AvgIpc) is 3.14. The molecule has 0 atom stereocenters. The second kappa shape index (κ2) is 9.01. The molecule has 0 bridgehead atoms. The Morgan fingerprint density at radius 3 is 2.06 bits per heavy atom. The van der Waals surface area contributed by atoms with E-state index in [4.69, 9.17) is 28.2 Å². The summed E-state index contributed by atoms with van der Waals surface area (Å²) in [5, 5.41) is 1.44. The molecular formula is C25H24Cl2N4. The van der Waals surface area contributed by atoms with Crippen molar-refractivity contribution in [1.82, 2.24) is 19.2 Å². The van der Waals surface area contributed by atoms with Crippen molar-refractivity contribution in [2.75, 3.05) is 26.2 Å². The van der Waals surface area contributed by atoms with Crippen molar-refractivity contribution < 1.29 is 0 Å². The Morgan fingerprint density at radius 2 is 1.35 bits per heavy atom. The maximum absolute atomic E-state index is 6.32. The van der Waals surface area contributed by atoms with E-state index in [9.17, 15) is 0 Å². The SMILES string of the molecule is Clc1ccc(-c2nc3ccc(Cl)cn3c2CN2CCN(Cc3ccccc3)CC2)cc1. The Bertz CT molecular complexity index is 1160. The lowest BCUT2D eigenvalue weighted by atomic mass is 10.1. The molecule has 4 aromatic rings. The third-order valence-corrected chi connectivity index (χ3v) is 6.36. The lowest BCUT2D eigenvalue weighted by molar-refractivity contribution is 0.121. The van der Waals surface area contributed by atoms with Crippen LogP contribution < -0.4 is 0 Å². The first-order valence-electron chi connectivity index (χ1n) is 10.6. The zero-order valence-corrected chi connectivity index (χ0v) is 18.7. The van der Waals surface area contributed by atoms with E-state index in [2.05, 4.69) is 44.5 Å². The Balaban J connectivity index is 1.37. The number of benzene rings is 2. The van der Waals surface area contributed by atoms with Crippen LogP contribution in [-0.2, 0) is 13.1 Å². The van der Waals surface area contributed by atoms with Crippen LogP contribution in [-0.4, -0.2) is 45.4 Å². The highest BCUT2D eigenvalue weighted by atomic mass is 35.5. The molecule has 158 valence electrons. The average molecular weight is 451 g/mol. The van der Waals surface area contributed by atoms with Gasteiger partial charge in [0.2, 0.25) is 0 Å². The van der Waals surface area contributed by atoms with Gasteiger partial charge in [0, 0.05) is 56.1 Å². The predicted octanol–water partition coefficient (Wildman–Crippen LogP) is 5.63. The van der Waals surface area contributed by atoms with Gasteiger partial charge in [-0.25, -0.2) is 4.98 Å². The van der Waals surface area contributed by atoms with Crippen LogP contribution in [0.15, 0.2) is 72.9 Å². The van der Waals surface area contributed by atoms with E-state index >= 15 is 0 Å². The molecule has 1 aliphatic rings. The van der Waals surface area contributed by atoms with Gasteiger partial charge in [-0.3, -0.25) is 9.80 Å². The molecule has 3 heterocycles. The van der Waals surface area contributed by atoms with Crippen LogP contribution in [0.25, 0.3) is 16.9 Å². The molecule has 1 aliphatic heterocycles. The van der Waals surface area contributed by atoms with E-state index in [1.54, 1.807) is 0 Å². The van der Waals surface area contributed by atoms with Gasteiger partial charge in [-0.1, -0.05) is 65.7 Å². The Kier molecular flexibility index (Phi) is 5.97. The Morgan fingerprint density at radius 1 is 0.710 bits per heavy atom. The highest BCUT2D eigenvalue weighted by Crippen LogP contribution is 2.28. The molecule has 1 saturated heterocycles. The van der Waals surface area contributed by atoms with Gasteiger partial charge in [0.05, 0.1) is 16.4 Å². The van der Waals surface area contributed by atoms with Gasteiger partial charge in [0.25, 0.3) is 0 Å². The summed E-state index contributed by atoms with van der Waals surface area (Å²) in [4.78, 5) is 9.94. The second-order valence-electron chi connectivity index (χ2n) is 8.03. The molecule has 5 rings (SSSR count). The maximum atomic E-state index is 6.32. The van der Waals surface area contributed by atoms with E-state index in [1.165, 1.54) is 5.56 Å². The summed E-state index contributed by atoms with van der Waals surface area (Å²) in [5.41, 5.74) is 5.51. The molecule has 0 N–H and O–H groups in total. The van der Waals surface area contributed by atoms with E-state index in [-0.39, 0.29) is 0 Å². The van der Waals surface area contributed by atoms with Gasteiger partial charge in [-0.15, -0.1) is 0 Å². The fraction of sp³-hybridized carbons (Fsp3) is 0.240. The first-order chi connectivity index (χ1) is 15.2. The van der Waals surface area contributed by atoms with Gasteiger partial charge in [0.15, 0.2) is 0 Å². The monoisotopic (exact) mass is 450 g/mol. The van der Waals surface area contributed by atoms with Crippen LogP contribution >= 0.6 is 23.2 Å². The number of nitrogens with zero attached hydrogens (tertiary/aromatic N) is 4. The lowest BCUT2D eigenvalue weighted by Gasteiger charge is -2.34. The molecule has 0 unspecified atom stereocenters. The van der Waals surface area contributed by atoms with Crippen LogP contribution in [0.1, 0.15) is 11.3 Å². The number of hydrogen-bond donors (Lipinski definition) is 0. The van der Waals surface area contributed by atoms with Crippen molar-refractivity contribution in [3.63, 3.8) is 0 Å². The summed E-state index contributed by atoms with van der Waals surface area (Å²) in [6.45, 7) is 6.02. The third-order valence-electron chi connectivity index (χ3n) is 5.89. The molecule has 0 amide bonds. The molecule has 2 aromatic carbocycles. The molecule has 1 fully saturated rings. The number of imidazole rings is 1. The molecule has 0 radical (unpaired) electrons. The number of halogens is 2. The smallest absolute Gasteiger partial charge is 0.137 e. The first-order valence-corrected chi connectivity index (χ1v) is 11.3. The largest absolute Gasteiger partial charge is 0.301 e. The topological polar surface area (TPSA) is 23.8 Å². The van der Waals surface area contributed by atoms with Crippen LogP contribution in [0.2, 0.25) is 10.0 Å². The van der Waals surface area contributed by atoms with Gasteiger partial charge >= 0.3 is 0 Å². The van der Waals surface area contributed by atoms with E-state index < -0.39 is 0 Å². The van der Waals surface area contributed by atoms with Crippen LogP contribution in [0.3, 0.4) is 0 Å². The summed E-state index contributed by atoms with van der Waals surface area (Å²) in [6.07, 6.45) is 1.96. The third kappa shape index (κ3) is 4.63. The zero-order valence-electron chi connectivity index (χ0n) is 17.2. The van der Waals surface area contributed by atoms with Crippen molar-refractivity contribution >= 4 is 28.8 Å². The highest BCUT2D eigenvalue weighted by molar-refractivity contribution is 6.30. The summed E-state index contributed by atoms with van der Waals surface area (Å²) >= 11 is 12.4. The molecule has 2 aromatic heterocycles. The summed E-state index contributed by atoms with van der Waals surface area (Å²) in [6, 6.07) is 22.5. The van der Waals surface area contributed by atoms with Gasteiger partial charge in [0.1, 0.15) is 5.65 Å². The first kappa shape index (κ1) is 20.5. The van der Waals surface area contributed by atoms with Crippen LogP contribution in [0.4, 0.5) is 0 Å². The molecular weight excluding hydrogens is 427 g/mol. The van der Waals surface area contributed by atoms with Gasteiger partial charge < -0.3 is 4.40 Å². The van der Waals surface area contributed by atoms with Crippen molar-refractivity contribution in [2.24, 2.45) is 0 Å². The Labute approximate surface area is 192 Å². The molecule has 0 spiro atoms. The molecule has 0 saturated carbocycles. The van der Waals surface area contributed by atoms with E-state index in [0.717, 1.165) is 66.9 Å². The molecule has 4 nitrogen and oxygen atoms in total. The number of aromatic nitrogens is 2. The Hall–Kier alpha value is -2.37. The highest BCUT2D eigenvalue weighted by Gasteiger charge is 2.21. The number of rotatable bonds is 5. The zero-order chi connectivity index (χ0) is 21.2. The second-order valence-corrected chi connectivity index (χ2v) is 8.90. The van der Waals surface area contributed by atoms with E-state index in [1.807, 2.05) is 42.6 Å². The number of fused-ring (bicyclic) bond motifs is 1. The normalized spacial score (nSPS) is 15.5. The quantitative estimate of drug-likeness (QED) is 0.393. The molecule has 6 heteroatoms. The van der Waals surface area contributed by atoms with Crippen molar-refractivity contribution in [3.05, 3.63) is 94.2 Å². The minimum Gasteiger partial charge on any atom is -0.301 e. The predicted molar refractivity (Wildman–Crippen MR) is 128 cm³/mol. The maximum Gasteiger partial charge on any atom is 0.137 e. The van der Waals surface area contributed by atoms with Crippen LogP contribution in [0, 0.1) is 0 Å². The summed E-state index contributed by atoms with van der Waals surface area (Å²) in [7, 11) is 0. The van der Waals surface area contributed by atoms with E-state index in [0.29, 0.717) is 5.02 Å². The number of hydrogen-bond acceptors (Lipinski definition) is 3. The van der Waals surface area contributed by atoms with Gasteiger partial charge in [-0.2, -0.15) is 0 Å². The fourth-order valence-electron chi connectivity index (χ4n) is 4.22. The molecule has 31 heavy (non-hydrogen) atoms. The lowest BCUT2D eigenvalue weighted by Crippen LogP contribution is -2.45. The molecule has 0 aliphatic carbocycles. The van der Waals surface area contributed by atoms with Crippen molar-refractivity contribution in [1.29, 1.82) is 0 Å². The minimum absolute atomic E-state index is 0.710. The number of piperazine rings is 1. The minimum atomic E-state index is 0.710. The van der Waals surface area contributed by atoms with Crippen molar-refractivity contribution in [3.8, 4) is 11.3 Å². The summed E-state index contributed by atoms with van der Waals surface area (Å²) in [5.74, 6) is 0. The fourth-order valence-corrected chi connectivity index (χ4v) is 4.50. The summed E-state index contributed by atoms with van der Waals surface area (Å²) < 4.78 is 2.13. The standard InChI is InChI=1S/C25H24Cl2N4/c26-21-8-6-20(7-9-21)25-23(31-17-22(27)10-11-24(31)28-25)18-30-14-12-29(13-15-30)16-19-4-2-1-3-5-19/h1-11,17H,12-16,18H2. The van der Waals surface area contributed by atoms with Crippen molar-refractivity contribution in [2.45, 2.75) is 13.1 Å². The van der Waals surface area contributed by atoms with Gasteiger partial charge in [-0.05, 0) is 29.8 Å².